The first-order valence-corrected chi connectivity index (χ1v) is 10.4. The molecule has 2 N–H and O–H groups in total. The number of nitrogens with one attached hydrogen (secondary N) is 2. The van der Waals surface area contributed by atoms with E-state index in [9.17, 15) is 14.0 Å². The number of carbonyl (C=O) groups excluding carboxylic acids is 1. The monoisotopic (exact) mass is 427 g/mol. The van der Waals surface area contributed by atoms with Gasteiger partial charge >= 0.3 is 0 Å². The lowest BCUT2D eigenvalue weighted by atomic mass is 10.1. The maximum atomic E-state index is 14.3. The topological polar surface area (TPSA) is 98.6 Å². The summed E-state index contributed by atoms with van der Waals surface area (Å²) in [6.07, 6.45) is 3.97. The largest absolute Gasteiger partial charge is 0.367 e. The summed E-state index contributed by atoms with van der Waals surface area (Å²) in [6.45, 7) is 6.88. The molecule has 31 heavy (non-hydrogen) atoms. The smallest absolute Gasteiger partial charge is 0.272 e. The molecule has 0 aliphatic carbocycles. The van der Waals surface area contributed by atoms with Gasteiger partial charge in [0, 0.05) is 63.2 Å². The normalized spacial score (nSPS) is 17.3. The molecule has 164 valence electrons. The number of hydrogen-bond donors (Lipinski definition) is 2. The SMILES string of the molecule is CCc1cn2nc(CN3CCN(c4cnc(C(=O)NC)c(F)c4)CC3C)cc2[nH]c1=O. The van der Waals surface area contributed by atoms with E-state index in [2.05, 4.69) is 37.1 Å². The number of piperazine rings is 1. The molecule has 0 bridgehead atoms. The molecule has 1 aliphatic rings. The Kier molecular flexibility index (Phi) is 5.73. The van der Waals surface area contributed by atoms with E-state index < -0.39 is 11.7 Å². The van der Waals surface area contributed by atoms with Crippen molar-refractivity contribution in [1.82, 2.24) is 29.8 Å². The van der Waals surface area contributed by atoms with E-state index >= 15 is 0 Å². The Morgan fingerprint density at radius 1 is 1.35 bits per heavy atom. The van der Waals surface area contributed by atoms with E-state index in [4.69, 9.17) is 0 Å². The first-order valence-electron chi connectivity index (χ1n) is 10.4. The van der Waals surface area contributed by atoms with Crippen molar-refractivity contribution < 1.29 is 9.18 Å². The Hall–Kier alpha value is -3.27. The number of amides is 1. The highest BCUT2D eigenvalue weighted by Crippen LogP contribution is 2.22. The zero-order valence-electron chi connectivity index (χ0n) is 17.9. The van der Waals surface area contributed by atoms with E-state index in [1.54, 1.807) is 16.9 Å². The fourth-order valence-electron chi connectivity index (χ4n) is 3.93. The van der Waals surface area contributed by atoms with Crippen molar-refractivity contribution in [2.24, 2.45) is 0 Å². The van der Waals surface area contributed by atoms with E-state index in [1.807, 2.05) is 13.0 Å². The van der Waals surface area contributed by atoms with Crippen LogP contribution in [0.2, 0.25) is 0 Å². The average Bonchev–Trinajstić information content (AvgIpc) is 3.14. The highest BCUT2D eigenvalue weighted by molar-refractivity contribution is 5.92. The minimum atomic E-state index is -0.628. The van der Waals surface area contributed by atoms with Crippen molar-refractivity contribution in [3.05, 3.63) is 57.6 Å². The lowest BCUT2D eigenvalue weighted by molar-refractivity contribution is 0.0953. The summed E-state index contributed by atoms with van der Waals surface area (Å²) in [7, 11) is 1.45. The molecule has 4 heterocycles. The number of aromatic nitrogens is 4. The number of fused-ring (bicyclic) bond motifs is 1. The molecule has 3 aromatic heterocycles. The van der Waals surface area contributed by atoms with Crippen LogP contribution in [0.15, 0.2) is 29.3 Å². The lowest BCUT2D eigenvalue weighted by Crippen LogP contribution is -2.51. The number of rotatable bonds is 5. The van der Waals surface area contributed by atoms with Gasteiger partial charge in [-0.25, -0.2) is 13.9 Å². The van der Waals surface area contributed by atoms with Gasteiger partial charge in [0.25, 0.3) is 11.5 Å². The van der Waals surface area contributed by atoms with Crippen molar-refractivity contribution in [3.63, 3.8) is 0 Å². The fraction of sp³-hybridized carbons (Fsp3) is 0.429. The maximum absolute atomic E-state index is 14.3. The lowest BCUT2D eigenvalue weighted by Gasteiger charge is -2.40. The zero-order chi connectivity index (χ0) is 22.1. The number of halogens is 1. The van der Waals surface area contributed by atoms with E-state index in [0.717, 1.165) is 12.2 Å². The van der Waals surface area contributed by atoms with E-state index in [0.29, 0.717) is 43.0 Å². The zero-order valence-corrected chi connectivity index (χ0v) is 17.9. The summed E-state index contributed by atoms with van der Waals surface area (Å²) < 4.78 is 16.0. The third-order valence-electron chi connectivity index (χ3n) is 5.74. The molecule has 1 unspecified atom stereocenters. The number of hydrogen-bond acceptors (Lipinski definition) is 6. The van der Waals surface area contributed by atoms with Gasteiger partial charge in [-0.15, -0.1) is 0 Å². The third-order valence-corrected chi connectivity index (χ3v) is 5.74. The average molecular weight is 427 g/mol. The molecule has 9 nitrogen and oxygen atoms in total. The third kappa shape index (κ3) is 4.15. The van der Waals surface area contributed by atoms with Gasteiger partial charge in [-0.1, -0.05) is 6.92 Å². The van der Waals surface area contributed by atoms with Crippen molar-refractivity contribution in [2.45, 2.75) is 32.9 Å². The van der Waals surface area contributed by atoms with E-state index in [1.165, 1.54) is 13.1 Å². The Bertz CT molecular complexity index is 1170. The molecular formula is C21H26FN7O2. The second kappa shape index (κ2) is 8.46. The van der Waals surface area contributed by atoms with Crippen molar-refractivity contribution in [2.75, 3.05) is 31.6 Å². The number of H-pyrrole nitrogens is 1. The number of aromatic amines is 1. The van der Waals surface area contributed by atoms with Crippen LogP contribution >= 0.6 is 0 Å². The second-order valence-electron chi connectivity index (χ2n) is 7.80. The van der Waals surface area contributed by atoms with Crippen LogP contribution in [-0.4, -0.2) is 63.1 Å². The fourth-order valence-corrected chi connectivity index (χ4v) is 3.93. The van der Waals surface area contributed by atoms with Gasteiger partial charge in [0.15, 0.2) is 11.5 Å². The molecule has 0 spiro atoms. The summed E-state index contributed by atoms with van der Waals surface area (Å²) in [6, 6.07) is 3.46. The first-order chi connectivity index (χ1) is 14.9. The van der Waals surface area contributed by atoms with Gasteiger partial charge in [0.05, 0.1) is 17.6 Å². The van der Waals surface area contributed by atoms with Crippen molar-refractivity contribution in [1.29, 1.82) is 0 Å². The van der Waals surface area contributed by atoms with Crippen molar-refractivity contribution in [3.8, 4) is 0 Å². The standard InChI is InChI=1S/C21H26FN7O2/c1-4-14-11-29-18(25-20(14)30)7-15(26-29)12-27-5-6-28(10-13(27)2)16-8-17(22)19(24-9-16)21(31)23-3/h7-9,11,13H,4-6,10,12H2,1-3H3,(H,23,31)(H,25,30). The van der Waals surface area contributed by atoms with Gasteiger partial charge in [-0.2, -0.15) is 5.10 Å². The van der Waals surface area contributed by atoms with Crippen LogP contribution in [0.1, 0.15) is 35.6 Å². The summed E-state index contributed by atoms with van der Waals surface area (Å²) in [5, 5.41) is 6.99. The summed E-state index contributed by atoms with van der Waals surface area (Å²) in [5.41, 5.74) is 2.65. The van der Waals surface area contributed by atoms with Crippen LogP contribution < -0.4 is 15.8 Å². The number of pyridine rings is 1. The number of nitrogens with zero attached hydrogens (tertiary/aromatic N) is 5. The summed E-state index contributed by atoms with van der Waals surface area (Å²) in [5.74, 6) is -1.17. The minimum Gasteiger partial charge on any atom is -0.367 e. The van der Waals surface area contributed by atoms with Crippen LogP contribution in [0.4, 0.5) is 10.1 Å². The second-order valence-corrected chi connectivity index (χ2v) is 7.80. The molecule has 0 radical (unpaired) electrons. The molecule has 1 amide bonds. The molecule has 4 rings (SSSR count). The van der Waals surface area contributed by atoms with Crippen LogP contribution in [0, 0.1) is 5.82 Å². The van der Waals surface area contributed by atoms with Gasteiger partial charge in [0.1, 0.15) is 5.65 Å². The van der Waals surface area contributed by atoms with Gasteiger partial charge in [-0.3, -0.25) is 14.5 Å². The Morgan fingerprint density at radius 2 is 2.16 bits per heavy atom. The molecule has 1 atom stereocenters. The maximum Gasteiger partial charge on any atom is 0.272 e. The molecule has 0 saturated carbocycles. The Morgan fingerprint density at radius 3 is 2.84 bits per heavy atom. The molecule has 1 saturated heterocycles. The van der Waals surface area contributed by atoms with Gasteiger partial charge in [-0.05, 0) is 13.3 Å². The minimum absolute atomic E-state index is 0.0771. The predicted molar refractivity (Wildman–Crippen MR) is 115 cm³/mol. The summed E-state index contributed by atoms with van der Waals surface area (Å²) in [4.78, 5) is 34.9. The number of carbonyl (C=O) groups is 1. The van der Waals surface area contributed by atoms with Gasteiger partial charge < -0.3 is 15.2 Å². The number of anilines is 1. The molecule has 1 aliphatic heterocycles. The van der Waals surface area contributed by atoms with Crippen LogP contribution in [-0.2, 0) is 13.0 Å². The summed E-state index contributed by atoms with van der Waals surface area (Å²) >= 11 is 0. The molecule has 1 fully saturated rings. The van der Waals surface area contributed by atoms with E-state index in [-0.39, 0.29) is 17.3 Å². The Labute approximate surface area is 178 Å². The predicted octanol–water partition coefficient (Wildman–Crippen LogP) is 1.19. The van der Waals surface area contributed by atoms with Crippen LogP contribution in [0.25, 0.3) is 5.65 Å². The van der Waals surface area contributed by atoms with Gasteiger partial charge in [0.2, 0.25) is 0 Å². The highest BCUT2D eigenvalue weighted by Gasteiger charge is 2.26. The quantitative estimate of drug-likeness (QED) is 0.635. The van der Waals surface area contributed by atoms with Crippen LogP contribution in [0.5, 0.6) is 0 Å². The molecule has 10 heteroatoms. The van der Waals surface area contributed by atoms with Crippen LogP contribution in [0.3, 0.4) is 0 Å². The highest BCUT2D eigenvalue weighted by atomic mass is 19.1. The first kappa shape index (κ1) is 21.0. The molecular weight excluding hydrogens is 401 g/mol. The Balaban J connectivity index is 1.45. The molecule has 0 aromatic carbocycles. The molecule has 3 aromatic rings. The van der Waals surface area contributed by atoms with Crippen molar-refractivity contribution >= 4 is 17.2 Å². The number of aryl methyl sites for hydroxylation is 1.